The van der Waals surface area contributed by atoms with E-state index in [2.05, 4.69) is 10.3 Å². The first-order valence-corrected chi connectivity index (χ1v) is 7.00. The van der Waals surface area contributed by atoms with Crippen LogP contribution in [0.3, 0.4) is 0 Å². The van der Waals surface area contributed by atoms with Gasteiger partial charge in [-0.1, -0.05) is 13.0 Å². The van der Waals surface area contributed by atoms with Crippen LogP contribution in [0.4, 0.5) is 5.00 Å². The van der Waals surface area contributed by atoms with E-state index >= 15 is 0 Å². The number of thiophene rings is 1. The van der Waals surface area contributed by atoms with Crippen molar-refractivity contribution >= 4 is 22.2 Å². The van der Waals surface area contributed by atoms with E-state index in [1.165, 1.54) is 11.3 Å². The molecule has 0 spiro atoms. The van der Waals surface area contributed by atoms with Crippen LogP contribution in [0.15, 0.2) is 24.5 Å². The van der Waals surface area contributed by atoms with Crippen LogP contribution < -0.4 is 11.1 Å². The Morgan fingerprint density at radius 3 is 2.95 bits per heavy atom. The van der Waals surface area contributed by atoms with Gasteiger partial charge in [0.2, 0.25) is 0 Å². The number of anilines is 1. The summed E-state index contributed by atoms with van der Waals surface area (Å²) in [4.78, 5) is 17.4. The van der Waals surface area contributed by atoms with Gasteiger partial charge in [-0.25, -0.2) is 0 Å². The molecule has 0 fully saturated rings. The van der Waals surface area contributed by atoms with E-state index in [4.69, 9.17) is 5.73 Å². The summed E-state index contributed by atoms with van der Waals surface area (Å²) in [5, 5.41) is 3.49. The molecule has 0 atom stereocenters. The number of aryl methyl sites for hydroxylation is 1. The summed E-state index contributed by atoms with van der Waals surface area (Å²) in [5.41, 5.74) is 8.59. The van der Waals surface area contributed by atoms with Crippen LogP contribution in [0.5, 0.6) is 0 Å². The standard InChI is InChI=1S/C14H17N3OS/c1-3-11-9(2)19-13(15)12(11)14(18)17-8-10-5-4-6-16-7-10/h4-7H,3,8,15H2,1-2H3,(H,17,18). The van der Waals surface area contributed by atoms with E-state index in [1.807, 2.05) is 26.0 Å². The fourth-order valence-corrected chi connectivity index (χ4v) is 3.07. The zero-order valence-electron chi connectivity index (χ0n) is 11.1. The first-order chi connectivity index (χ1) is 9.13. The van der Waals surface area contributed by atoms with Crippen molar-refractivity contribution in [2.45, 2.75) is 26.8 Å². The lowest BCUT2D eigenvalue weighted by Crippen LogP contribution is -2.24. The molecule has 19 heavy (non-hydrogen) atoms. The smallest absolute Gasteiger partial charge is 0.254 e. The molecule has 0 aliphatic carbocycles. The largest absolute Gasteiger partial charge is 0.390 e. The molecule has 0 radical (unpaired) electrons. The monoisotopic (exact) mass is 275 g/mol. The van der Waals surface area contributed by atoms with Crippen LogP contribution in [0.25, 0.3) is 0 Å². The molecule has 0 aliphatic heterocycles. The summed E-state index contributed by atoms with van der Waals surface area (Å²) in [7, 11) is 0. The first-order valence-electron chi connectivity index (χ1n) is 6.18. The number of carbonyl (C=O) groups excluding carboxylic acids is 1. The van der Waals surface area contributed by atoms with E-state index in [-0.39, 0.29) is 5.91 Å². The summed E-state index contributed by atoms with van der Waals surface area (Å²) < 4.78 is 0. The highest BCUT2D eigenvalue weighted by atomic mass is 32.1. The maximum atomic E-state index is 12.2. The van der Waals surface area contributed by atoms with Gasteiger partial charge in [0.25, 0.3) is 5.91 Å². The number of aromatic nitrogens is 1. The molecule has 0 saturated carbocycles. The molecule has 0 aliphatic rings. The number of nitrogens with one attached hydrogen (secondary N) is 1. The fourth-order valence-electron chi connectivity index (χ4n) is 2.05. The Bertz CT molecular complexity index is 578. The van der Waals surface area contributed by atoms with E-state index in [1.54, 1.807) is 12.4 Å². The summed E-state index contributed by atoms with van der Waals surface area (Å²) in [6.07, 6.45) is 4.26. The first kappa shape index (κ1) is 13.5. The van der Waals surface area contributed by atoms with E-state index in [9.17, 15) is 4.79 Å². The van der Waals surface area contributed by atoms with Crippen molar-refractivity contribution < 1.29 is 4.79 Å². The zero-order chi connectivity index (χ0) is 13.8. The highest BCUT2D eigenvalue weighted by molar-refractivity contribution is 7.16. The number of pyridine rings is 1. The number of nitrogens with two attached hydrogens (primary N) is 1. The second-order valence-electron chi connectivity index (χ2n) is 4.27. The van der Waals surface area contributed by atoms with Crippen LogP contribution in [0, 0.1) is 6.92 Å². The molecular weight excluding hydrogens is 258 g/mol. The number of rotatable bonds is 4. The number of nitrogen functional groups attached to an aromatic ring is 1. The third kappa shape index (κ3) is 2.93. The number of amides is 1. The van der Waals surface area contributed by atoms with Gasteiger partial charge in [0.1, 0.15) is 0 Å². The van der Waals surface area contributed by atoms with Gasteiger partial charge in [-0.05, 0) is 30.5 Å². The van der Waals surface area contributed by atoms with Crippen LogP contribution in [-0.2, 0) is 13.0 Å². The minimum absolute atomic E-state index is 0.109. The van der Waals surface area contributed by atoms with Crippen molar-refractivity contribution in [3.63, 3.8) is 0 Å². The van der Waals surface area contributed by atoms with Crippen LogP contribution in [0.2, 0.25) is 0 Å². The van der Waals surface area contributed by atoms with E-state index in [0.29, 0.717) is 17.1 Å². The van der Waals surface area contributed by atoms with Crippen molar-refractivity contribution in [1.29, 1.82) is 0 Å². The van der Waals surface area contributed by atoms with E-state index < -0.39 is 0 Å². The molecule has 0 bridgehead atoms. The Hall–Kier alpha value is -1.88. The minimum Gasteiger partial charge on any atom is -0.390 e. The van der Waals surface area contributed by atoms with Gasteiger partial charge in [-0.2, -0.15) is 0 Å². The molecule has 2 aromatic heterocycles. The van der Waals surface area contributed by atoms with Gasteiger partial charge in [0.15, 0.2) is 0 Å². The predicted molar refractivity (Wildman–Crippen MR) is 78.3 cm³/mol. The van der Waals surface area contributed by atoms with Gasteiger partial charge in [-0.15, -0.1) is 11.3 Å². The topological polar surface area (TPSA) is 68.0 Å². The molecule has 2 heterocycles. The van der Waals surface area contributed by atoms with Crippen molar-refractivity contribution in [3.8, 4) is 0 Å². The zero-order valence-corrected chi connectivity index (χ0v) is 11.9. The third-order valence-electron chi connectivity index (χ3n) is 2.99. The molecule has 1 amide bonds. The predicted octanol–water partition coefficient (Wildman–Crippen LogP) is 2.53. The fraction of sp³-hybridized carbons (Fsp3) is 0.286. The Labute approximate surface area is 116 Å². The molecular formula is C14H17N3OS. The second kappa shape index (κ2) is 5.84. The Morgan fingerprint density at radius 2 is 2.32 bits per heavy atom. The Morgan fingerprint density at radius 1 is 1.53 bits per heavy atom. The number of nitrogens with zero attached hydrogens (tertiary/aromatic N) is 1. The Kier molecular flexibility index (Phi) is 4.16. The van der Waals surface area contributed by atoms with Crippen molar-refractivity contribution in [2.75, 3.05) is 5.73 Å². The van der Waals surface area contributed by atoms with Crippen LogP contribution in [-0.4, -0.2) is 10.9 Å². The highest BCUT2D eigenvalue weighted by Crippen LogP contribution is 2.30. The summed E-state index contributed by atoms with van der Waals surface area (Å²) in [5.74, 6) is -0.109. The van der Waals surface area contributed by atoms with Crippen molar-refractivity contribution in [3.05, 3.63) is 46.1 Å². The molecule has 2 rings (SSSR count). The van der Waals surface area contributed by atoms with Crippen LogP contribution >= 0.6 is 11.3 Å². The maximum Gasteiger partial charge on any atom is 0.254 e. The van der Waals surface area contributed by atoms with Gasteiger partial charge in [0.05, 0.1) is 10.6 Å². The molecule has 0 unspecified atom stereocenters. The molecule has 100 valence electrons. The molecule has 0 saturated heterocycles. The lowest BCUT2D eigenvalue weighted by molar-refractivity contribution is 0.0951. The Balaban J connectivity index is 2.12. The number of hydrogen-bond acceptors (Lipinski definition) is 4. The molecule has 2 aromatic rings. The summed E-state index contributed by atoms with van der Waals surface area (Å²) in [6, 6.07) is 3.78. The summed E-state index contributed by atoms with van der Waals surface area (Å²) >= 11 is 1.48. The van der Waals surface area contributed by atoms with Crippen molar-refractivity contribution in [1.82, 2.24) is 10.3 Å². The molecule has 0 aromatic carbocycles. The van der Waals surface area contributed by atoms with E-state index in [0.717, 1.165) is 22.4 Å². The lowest BCUT2D eigenvalue weighted by Gasteiger charge is -2.07. The second-order valence-corrected chi connectivity index (χ2v) is 5.53. The average Bonchev–Trinajstić information content (AvgIpc) is 2.71. The third-order valence-corrected chi connectivity index (χ3v) is 3.97. The lowest BCUT2D eigenvalue weighted by atomic mass is 10.1. The van der Waals surface area contributed by atoms with Crippen molar-refractivity contribution in [2.24, 2.45) is 0 Å². The SMILES string of the molecule is CCc1c(C)sc(N)c1C(=O)NCc1cccnc1. The van der Waals surface area contributed by atoms with Crippen LogP contribution in [0.1, 0.15) is 33.3 Å². The normalized spacial score (nSPS) is 10.4. The summed E-state index contributed by atoms with van der Waals surface area (Å²) in [6.45, 7) is 4.49. The average molecular weight is 275 g/mol. The number of hydrogen-bond donors (Lipinski definition) is 2. The van der Waals surface area contributed by atoms with Gasteiger partial charge in [0, 0.05) is 23.8 Å². The molecule has 5 heteroatoms. The van der Waals surface area contributed by atoms with Gasteiger partial charge < -0.3 is 11.1 Å². The minimum atomic E-state index is -0.109. The quantitative estimate of drug-likeness (QED) is 0.901. The highest BCUT2D eigenvalue weighted by Gasteiger charge is 2.18. The van der Waals surface area contributed by atoms with Gasteiger partial charge >= 0.3 is 0 Å². The number of carbonyl (C=O) groups is 1. The van der Waals surface area contributed by atoms with Gasteiger partial charge in [-0.3, -0.25) is 9.78 Å². The molecule has 4 nitrogen and oxygen atoms in total. The molecule has 3 N–H and O–H groups in total. The maximum absolute atomic E-state index is 12.2.